The highest BCUT2D eigenvalue weighted by Gasteiger charge is 2.33. The molecule has 1 unspecified atom stereocenters. The van der Waals surface area contributed by atoms with Gasteiger partial charge >= 0.3 is 13.8 Å². The molecule has 0 spiro atoms. The van der Waals surface area contributed by atoms with Gasteiger partial charge in [0.25, 0.3) is 6.17 Å². The highest BCUT2D eigenvalue weighted by atomic mass is 31.2. The Kier molecular flexibility index (Phi) is 4.12. The average Bonchev–Trinajstić information content (AvgIpc) is 1.98. The molecule has 1 atom stereocenters. The molecule has 0 aliphatic carbocycles. The van der Waals surface area contributed by atoms with Gasteiger partial charge in [0.1, 0.15) is 0 Å². The van der Waals surface area contributed by atoms with Gasteiger partial charge in [-0.2, -0.15) is 0 Å². The Balaban J connectivity index is 4.49. The molecule has 0 rings (SSSR count). The van der Waals surface area contributed by atoms with Gasteiger partial charge in [0, 0.05) is 0 Å². The maximum Gasteiger partial charge on any atom is 0.527 e. The van der Waals surface area contributed by atoms with Crippen LogP contribution in [0.1, 0.15) is 6.92 Å². The summed E-state index contributed by atoms with van der Waals surface area (Å²) >= 11 is 0. The Morgan fingerprint density at radius 1 is 1.50 bits per heavy atom. The summed E-state index contributed by atoms with van der Waals surface area (Å²) in [6.45, 7) is 4.22. The van der Waals surface area contributed by atoms with Crippen LogP contribution in [0.15, 0.2) is 12.2 Å². The zero-order valence-corrected chi connectivity index (χ0v) is 8.03. The van der Waals surface area contributed by atoms with Gasteiger partial charge in [-0.05, 0) is 12.5 Å². The predicted octanol–water partition coefficient (Wildman–Crippen LogP) is 0.106. The minimum atomic E-state index is -5.12. The summed E-state index contributed by atoms with van der Waals surface area (Å²) in [6.07, 6.45) is -2.75. The van der Waals surface area contributed by atoms with Crippen molar-refractivity contribution in [1.82, 2.24) is 0 Å². The first-order valence-electron chi connectivity index (χ1n) is 3.28. The number of rotatable bonds is 4. The van der Waals surface area contributed by atoms with E-state index >= 15 is 0 Å². The SMILES string of the molecule is C=C(C)C(=O)C(F)C(=O)OP(=O)(O)O. The van der Waals surface area contributed by atoms with Crippen molar-refractivity contribution in [2.45, 2.75) is 13.1 Å². The summed E-state index contributed by atoms with van der Waals surface area (Å²) in [7, 11) is -5.12. The Morgan fingerprint density at radius 2 is 1.93 bits per heavy atom. The number of halogens is 1. The molecule has 0 saturated heterocycles. The molecule has 0 aliphatic rings. The standard InChI is InChI=1S/C6H8FO6P/c1-3(2)5(8)4(7)6(9)13-14(10,11)12/h4H,1H2,2H3,(H2,10,11,12). The maximum absolute atomic E-state index is 12.7. The van der Waals surface area contributed by atoms with Gasteiger partial charge in [0.2, 0.25) is 5.78 Å². The van der Waals surface area contributed by atoms with Gasteiger partial charge in [-0.3, -0.25) is 14.6 Å². The largest absolute Gasteiger partial charge is 0.527 e. The number of alkyl halides is 1. The van der Waals surface area contributed by atoms with Crippen molar-refractivity contribution >= 4 is 19.6 Å². The lowest BCUT2D eigenvalue weighted by atomic mass is 10.1. The molecule has 0 aliphatic heterocycles. The molecule has 0 aromatic rings. The van der Waals surface area contributed by atoms with Crippen molar-refractivity contribution in [1.29, 1.82) is 0 Å². The van der Waals surface area contributed by atoms with Crippen molar-refractivity contribution in [3.8, 4) is 0 Å². The quantitative estimate of drug-likeness (QED) is 0.400. The third-order valence-corrected chi connectivity index (χ3v) is 1.48. The molecule has 0 saturated carbocycles. The van der Waals surface area contributed by atoms with E-state index in [9.17, 15) is 18.5 Å². The second-order valence-electron chi connectivity index (χ2n) is 2.41. The van der Waals surface area contributed by atoms with E-state index in [1.54, 1.807) is 0 Å². The van der Waals surface area contributed by atoms with Crippen LogP contribution in [0.25, 0.3) is 0 Å². The third kappa shape index (κ3) is 4.27. The highest BCUT2D eigenvalue weighted by Crippen LogP contribution is 2.36. The molecule has 0 fully saturated rings. The number of phosphoric ester groups is 1. The van der Waals surface area contributed by atoms with Crippen LogP contribution in [-0.2, 0) is 18.7 Å². The number of allylic oxidation sites excluding steroid dienone is 1. The average molecular weight is 226 g/mol. The molecule has 0 aromatic carbocycles. The van der Waals surface area contributed by atoms with Crippen LogP contribution in [0.4, 0.5) is 4.39 Å². The lowest BCUT2D eigenvalue weighted by molar-refractivity contribution is -0.145. The molecule has 0 heterocycles. The number of hydrogen-bond donors (Lipinski definition) is 2. The zero-order valence-electron chi connectivity index (χ0n) is 7.14. The molecule has 0 amide bonds. The second-order valence-corrected chi connectivity index (χ2v) is 3.57. The summed E-state index contributed by atoms with van der Waals surface area (Å²) in [5.74, 6) is -3.20. The molecule has 0 bridgehead atoms. The zero-order chi connectivity index (χ0) is 11.5. The Bertz CT molecular complexity index is 318. The van der Waals surface area contributed by atoms with Crippen molar-refractivity contribution in [3.05, 3.63) is 12.2 Å². The first-order chi connectivity index (χ1) is 6.15. The summed E-state index contributed by atoms with van der Waals surface area (Å²) in [5, 5.41) is 0. The predicted molar refractivity (Wildman–Crippen MR) is 42.9 cm³/mol. The van der Waals surface area contributed by atoms with Gasteiger partial charge in [-0.1, -0.05) is 6.58 Å². The lowest BCUT2D eigenvalue weighted by Gasteiger charge is -2.07. The fourth-order valence-electron chi connectivity index (χ4n) is 0.487. The number of Topliss-reactive ketones (excluding diaryl/α,β-unsaturated/α-hetero) is 1. The van der Waals surface area contributed by atoms with Gasteiger partial charge in [-0.25, -0.2) is 13.8 Å². The summed E-state index contributed by atoms with van der Waals surface area (Å²) in [4.78, 5) is 37.5. The van der Waals surface area contributed by atoms with Crippen molar-refractivity contribution in [3.63, 3.8) is 0 Å². The topological polar surface area (TPSA) is 101 Å². The highest BCUT2D eigenvalue weighted by molar-refractivity contribution is 7.46. The maximum atomic E-state index is 12.7. The van der Waals surface area contributed by atoms with Crippen LogP contribution < -0.4 is 0 Å². The van der Waals surface area contributed by atoms with Gasteiger partial charge in [-0.15, -0.1) is 0 Å². The van der Waals surface area contributed by atoms with Crippen molar-refractivity contribution in [2.75, 3.05) is 0 Å². The van der Waals surface area contributed by atoms with E-state index in [0.717, 1.165) is 6.92 Å². The number of hydrogen-bond acceptors (Lipinski definition) is 4. The van der Waals surface area contributed by atoms with E-state index in [1.165, 1.54) is 0 Å². The van der Waals surface area contributed by atoms with Crippen LogP contribution in [0, 0.1) is 0 Å². The number of carbonyl (C=O) groups excluding carboxylic acids is 2. The van der Waals surface area contributed by atoms with E-state index in [-0.39, 0.29) is 5.57 Å². The van der Waals surface area contributed by atoms with Crippen LogP contribution in [0.3, 0.4) is 0 Å². The van der Waals surface area contributed by atoms with E-state index in [0.29, 0.717) is 0 Å². The lowest BCUT2D eigenvalue weighted by Crippen LogP contribution is -2.27. The Hall–Kier alpha value is -1.04. The van der Waals surface area contributed by atoms with E-state index in [4.69, 9.17) is 9.79 Å². The van der Waals surface area contributed by atoms with Crippen LogP contribution in [0.5, 0.6) is 0 Å². The number of ketones is 1. The number of phosphoric acid groups is 1. The van der Waals surface area contributed by atoms with E-state index < -0.39 is 25.7 Å². The molecular weight excluding hydrogens is 218 g/mol. The minimum absolute atomic E-state index is 0.250. The van der Waals surface area contributed by atoms with Gasteiger partial charge in [0.05, 0.1) is 0 Å². The third-order valence-electron chi connectivity index (χ3n) is 1.07. The summed E-state index contributed by atoms with van der Waals surface area (Å²) in [5.41, 5.74) is -0.250. The van der Waals surface area contributed by atoms with Crippen LogP contribution in [-0.4, -0.2) is 27.7 Å². The van der Waals surface area contributed by atoms with Crippen LogP contribution in [0.2, 0.25) is 0 Å². The van der Waals surface area contributed by atoms with E-state index in [1.807, 2.05) is 0 Å². The molecule has 0 radical (unpaired) electrons. The second kappa shape index (κ2) is 4.45. The molecule has 6 nitrogen and oxygen atoms in total. The molecule has 8 heteroatoms. The minimum Gasteiger partial charge on any atom is -0.368 e. The smallest absolute Gasteiger partial charge is 0.368 e. The van der Waals surface area contributed by atoms with Crippen molar-refractivity contribution in [2.24, 2.45) is 0 Å². The van der Waals surface area contributed by atoms with E-state index in [2.05, 4.69) is 11.1 Å². The van der Waals surface area contributed by atoms with Crippen LogP contribution >= 0.6 is 7.82 Å². The fourth-order valence-corrected chi connectivity index (χ4v) is 0.814. The normalized spacial score (nSPS) is 13.1. The first kappa shape index (κ1) is 13.0. The first-order valence-corrected chi connectivity index (χ1v) is 4.81. The Morgan fingerprint density at radius 3 is 2.21 bits per heavy atom. The fraction of sp³-hybridized carbons (Fsp3) is 0.333. The number of carbonyl (C=O) groups is 2. The summed E-state index contributed by atoms with van der Waals surface area (Å²) in [6, 6.07) is 0. The molecule has 0 aromatic heterocycles. The molecule has 2 N–H and O–H groups in total. The molecular formula is C6H8FO6P. The Labute approximate surface area is 78.6 Å². The molecule has 14 heavy (non-hydrogen) atoms. The summed E-state index contributed by atoms with van der Waals surface area (Å²) < 4.78 is 26.2. The monoisotopic (exact) mass is 226 g/mol. The molecule has 80 valence electrons. The van der Waals surface area contributed by atoms with Crippen molar-refractivity contribution < 1.29 is 32.9 Å². The van der Waals surface area contributed by atoms with Gasteiger partial charge < -0.3 is 4.52 Å². The van der Waals surface area contributed by atoms with Gasteiger partial charge in [0.15, 0.2) is 0 Å².